The van der Waals surface area contributed by atoms with Gasteiger partial charge in [0.2, 0.25) is 0 Å². The first-order chi connectivity index (χ1) is 12.8. The highest BCUT2D eigenvalue weighted by atomic mass is 32.1. The van der Waals surface area contributed by atoms with E-state index < -0.39 is 0 Å². The van der Waals surface area contributed by atoms with E-state index in [2.05, 4.69) is 45.9 Å². The van der Waals surface area contributed by atoms with Crippen LogP contribution in [0.3, 0.4) is 0 Å². The van der Waals surface area contributed by atoms with E-state index in [1.807, 2.05) is 4.90 Å². The number of ether oxygens (including phenoxy) is 1. The zero-order valence-corrected chi connectivity index (χ0v) is 15.8. The maximum atomic E-state index is 12.4. The number of urea groups is 1. The molecule has 4 rings (SSSR count). The van der Waals surface area contributed by atoms with Crippen LogP contribution in [0.15, 0.2) is 35.7 Å². The summed E-state index contributed by atoms with van der Waals surface area (Å²) in [4.78, 5) is 18.2. The molecular weight excluding hydrogens is 346 g/mol. The molecule has 138 valence electrons. The second kappa shape index (κ2) is 8.20. The Kier molecular flexibility index (Phi) is 5.53. The van der Waals surface area contributed by atoms with Crippen molar-refractivity contribution in [2.24, 2.45) is 0 Å². The average Bonchev–Trinajstić information content (AvgIpc) is 3.16. The molecule has 6 heteroatoms. The zero-order valence-electron chi connectivity index (χ0n) is 14.9. The Morgan fingerprint density at radius 1 is 1.08 bits per heavy atom. The van der Waals surface area contributed by atoms with Gasteiger partial charge in [-0.05, 0) is 34.6 Å². The molecule has 0 saturated carbocycles. The van der Waals surface area contributed by atoms with Gasteiger partial charge in [-0.15, -0.1) is 11.3 Å². The standard InChI is InChI=1S/C20H25N3O2S/c24-20(23-7-5-19-18(15-23)6-12-26-19)21-13-16-1-3-17(4-2-16)14-22-8-10-25-11-9-22/h1-4,6,12H,5,7-11,13-15H2,(H,21,24). The quantitative estimate of drug-likeness (QED) is 0.899. The van der Waals surface area contributed by atoms with E-state index in [-0.39, 0.29) is 6.03 Å². The maximum absolute atomic E-state index is 12.4. The van der Waals surface area contributed by atoms with Gasteiger partial charge in [-0.2, -0.15) is 0 Å². The summed E-state index contributed by atoms with van der Waals surface area (Å²) in [5.74, 6) is 0. The van der Waals surface area contributed by atoms with E-state index in [1.165, 1.54) is 16.0 Å². The van der Waals surface area contributed by atoms with Crippen LogP contribution in [0, 0.1) is 0 Å². The molecule has 1 aromatic heterocycles. The maximum Gasteiger partial charge on any atom is 0.317 e. The third kappa shape index (κ3) is 4.26. The molecular formula is C20H25N3O2S. The number of fused-ring (bicyclic) bond motifs is 1. The van der Waals surface area contributed by atoms with Gasteiger partial charge in [0.15, 0.2) is 0 Å². The van der Waals surface area contributed by atoms with E-state index in [0.717, 1.165) is 57.9 Å². The number of nitrogens with zero attached hydrogens (tertiary/aromatic N) is 2. The highest BCUT2D eigenvalue weighted by Crippen LogP contribution is 2.23. The number of nitrogens with one attached hydrogen (secondary N) is 1. The Balaban J connectivity index is 1.26. The smallest absolute Gasteiger partial charge is 0.317 e. The molecule has 0 unspecified atom stereocenters. The van der Waals surface area contributed by atoms with E-state index in [1.54, 1.807) is 11.3 Å². The molecule has 1 fully saturated rings. The lowest BCUT2D eigenvalue weighted by atomic mass is 10.1. The van der Waals surface area contributed by atoms with Gasteiger partial charge in [-0.25, -0.2) is 4.79 Å². The van der Waals surface area contributed by atoms with E-state index in [0.29, 0.717) is 6.54 Å². The van der Waals surface area contributed by atoms with Crippen molar-refractivity contribution >= 4 is 17.4 Å². The van der Waals surface area contributed by atoms with Gasteiger partial charge in [0.1, 0.15) is 0 Å². The van der Waals surface area contributed by atoms with Crippen molar-refractivity contribution in [3.05, 3.63) is 57.3 Å². The van der Waals surface area contributed by atoms with Crippen molar-refractivity contribution in [1.82, 2.24) is 15.1 Å². The van der Waals surface area contributed by atoms with Crippen molar-refractivity contribution in [1.29, 1.82) is 0 Å². The van der Waals surface area contributed by atoms with Crippen LogP contribution in [-0.4, -0.2) is 48.7 Å². The summed E-state index contributed by atoms with van der Waals surface area (Å²) in [7, 11) is 0. The van der Waals surface area contributed by atoms with Crippen LogP contribution in [0.1, 0.15) is 21.6 Å². The average molecular weight is 372 g/mol. The predicted molar refractivity (Wildman–Crippen MR) is 103 cm³/mol. The minimum atomic E-state index is 0.0271. The molecule has 1 N–H and O–H groups in total. The first-order valence-electron chi connectivity index (χ1n) is 9.24. The molecule has 2 aromatic rings. The van der Waals surface area contributed by atoms with Crippen LogP contribution < -0.4 is 5.32 Å². The molecule has 5 nitrogen and oxygen atoms in total. The van der Waals surface area contributed by atoms with Gasteiger partial charge in [0, 0.05) is 44.1 Å². The van der Waals surface area contributed by atoms with Crippen LogP contribution >= 0.6 is 11.3 Å². The molecule has 1 aromatic carbocycles. The fourth-order valence-corrected chi connectivity index (χ4v) is 4.38. The van der Waals surface area contributed by atoms with Gasteiger partial charge in [0.25, 0.3) is 0 Å². The minimum absolute atomic E-state index is 0.0271. The fraction of sp³-hybridized carbons (Fsp3) is 0.450. The summed E-state index contributed by atoms with van der Waals surface area (Å²) >= 11 is 1.79. The third-order valence-electron chi connectivity index (χ3n) is 5.07. The lowest BCUT2D eigenvalue weighted by molar-refractivity contribution is 0.0342. The third-order valence-corrected chi connectivity index (χ3v) is 6.09. The van der Waals surface area contributed by atoms with E-state index in [4.69, 9.17) is 4.74 Å². The molecule has 0 aliphatic carbocycles. The molecule has 2 aliphatic rings. The molecule has 0 bridgehead atoms. The lowest BCUT2D eigenvalue weighted by Crippen LogP contribution is -2.42. The van der Waals surface area contributed by atoms with Crippen LogP contribution in [0.5, 0.6) is 0 Å². The first-order valence-corrected chi connectivity index (χ1v) is 10.1. The Hall–Kier alpha value is -1.89. The van der Waals surface area contributed by atoms with Crippen molar-refractivity contribution in [3.8, 4) is 0 Å². The number of morpholine rings is 1. The monoisotopic (exact) mass is 371 g/mol. The van der Waals surface area contributed by atoms with Crippen molar-refractivity contribution < 1.29 is 9.53 Å². The van der Waals surface area contributed by atoms with Crippen LogP contribution in [0.2, 0.25) is 0 Å². The Morgan fingerprint density at radius 3 is 2.65 bits per heavy atom. The number of carbonyl (C=O) groups is 1. The van der Waals surface area contributed by atoms with Crippen LogP contribution in [0.25, 0.3) is 0 Å². The number of rotatable bonds is 4. The van der Waals surface area contributed by atoms with Gasteiger partial charge >= 0.3 is 6.03 Å². The van der Waals surface area contributed by atoms with Gasteiger partial charge in [-0.3, -0.25) is 4.90 Å². The topological polar surface area (TPSA) is 44.8 Å². The summed E-state index contributed by atoms with van der Waals surface area (Å²) in [6.45, 7) is 6.72. The number of benzene rings is 1. The second-order valence-electron chi connectivity index (χ2n) is 6.90. The normalized spacial score (nSPS) is 17.8. The van der Waals surface area contributed by atoms with Gasteiger partial charge in [-0.1, -0.05) is 24.3 Å². The van der Waals surface area contributed by atoms with E-state index >= 15 is 0 Å². The number of amides is 2. The summed E-state index contributed by atoms with van der Waals surface area (Å²) in [5.41, 5.74) is 3.74. The van der Waals surface area contributed by atoms with Crippen molar-refractivity contribution in [3.63, 3.8) is 0 Å². The molecule has 3 heterocycles. The van der Waals surface area contributed by atoms with Crippen LogP contribution in [0.4, 0.5) is 4.79 Å². The molecule has 2 amide bonds. The first kappa shape index (κ1) is 17.5. The van der Waals surface area contributed by atoms with E-state index in [9.17, 15) is 4.79 Å². The van der Waals surface area contributed by atoms with Crippen molar-refractivity contribution in [2.75, 3.05) is 32.8 Å². The molecule has 2 aliphatic heterocycles. The second-order valence-corrected chi connectivity index (χ2v) is 7.90. The Morgan fingerprint density at radius 2 is 1.85 bits per heavy atom. The Labute approximate surface area is 158 Å². The number of carbonyl (C=O) groups excluding carboxylic acids is 1. The SMILES string of the molecule is O=C(NCc1ccc(CN2CCOCC2)cc1)N1CCc2sccc2C1. The molecule has 0 atom stereocenters. The van der Waals surface area contributed by atoms with Crippen molar-refractivity contribution in [2.45, 2.75) is 26.1 Å². The molecule has 0 spiro atoms. The summed E-state index contributed by atoms with van der Waals surface area (Å²) < 4.78 is 5.39. The summed E-state index contributed by atoms with van der Waals surface area (Å²) in [6, 6.07) is 10.7. The highest BCUT2D eigenvalue weighted by Gasteiger charge is 2.21. The Bertz CT molecular complexity index is 738. The fourth-order valence-electron chi connectivity index (χ4n) is 3.49. The molecule has 1 saturated heterocycles. The summed E-state index contributed by atoms with van der Waals surface area (Å²) in [6.07, 6.45) is 0.969. The minimum Gasteiger partial charge on any atom is -0.379 e. The molecule has 0 radical (unpaired) electrons. The number of hydrogen-bond donors (Lipinski definition) is 1. The number of hydrogen-bond acceptors (Lipinski definition) is 4. The van der Waals surface area contributed by atoms with Gasteiger partial charge in [0.05, 0.1) is 13.2 Å². The lowest BCUT2D eigenvalue weighted by Gasteiger charge is -2.27. The highest BCUT2D eigenvalue weighted by molar-refractivity contribution is 7.10. The largest absolute Gasteiger partial charge is 0.379 e. The zero-order chi connectivity index (χ0) is 17.8. The summed E-state index contributed by atoms with van der Waals surface area (Å²) in [5, 5.41) is 5.17. The van der Waals surface area contributed by atoms with Gasteiger partial charge < -0.3 is 15.0 Å². The molecule has 26 heavy (non-hydrogen) atoms. The van der Waals surface area contributed by atoms with Crippen LogP contribution in [-0.2, 0) is 30.8 Å². The number of thiophene rings is 1. The predicted octanol–water partition coefficient (Wildman–Crippen LogP) is 2.85.